The number of nitrogens with zero attached hydrogens (tertiary/aromatic N) is 3. The molecule has 1 aromatic heterocycles. The number of hydrogen-bond donors (Lipinski definition) is 3. The number of amidine groups is 1. The molecule has 1 amide bonds. The molecule has 0 aliphatic carbocycles. The summed E-state index contributed by atoms with van der Waals surface area (Å²) in [5, 5.41) is 25.8. The number of nitriles is 1. The fraction of sp³-hybridized carbons (Fsp3) is 0.120. The fourth-order valence-corrected chi connectivity index (χ4v) is 3.58. The average molecular weight is 422 g/mol. The summed E-state index contributed by atoms with van der Waals surface area (Å²) >= 11 is 0. The first kappa shape index (κ1) is 20.8. The summed E-state index contributed by atoms with van der Waals surface area (Å²) in [6.45, 7) is 0.913. The van der Waals surface area contributed by atoms with Gasteiger partial charge in [-0.15, -0.1) is 0 Å². The molecule has 32 heavy (non-hydrogen) atoms. The lowest BCUT2D eigenvalue weighted by Crippen LogP contribution is -2.22. The topological polar surface area (TPSA) is 121 Å². The van der Waals surface area contributed by atoms with Crippen molar-refractivity contribution in [1.29, 1.82) is 10.7 Å². The Balaban J connectivity index is 1.40. The maximum absolute atomic E-state index is 12.5. The third-order valence-electron chi connectivity index (χ3n) is 5.26. The zero-order chi connectivity index (χ0) is 22.5. The molecular formula is C25H22N6O. The standard InChI is InChI=1S/C25H22N6O/c26-11-10-19-2-1-3-21-12-18(6-9-23(19)21)15-31-16-22(14-30-31)25(32)29-13-17-4-7-20(8-5-17)24(27)28/h1-9,12,14,16H,10,13,15H2,(H3,27,28)(H,29,32). The summed E-state index contributed by atoms with van der Waals surface area (Å²) in [7, 11) is 0. The lowest BCUT2D eigenvalue weighted by atomic mass is 10.0. The molecule has 0 aliphatic rings. The Morgan fingerprint density at radius 2 is 1.88 bits per heavy atom. The number of aromatic nitrogens is 2. The van der Waals surface area contributed by atoms with Crippen molar-refractivity contribution in [3.63, 3.8) is 0 Å². The quantitative estimate of drug-likeness (QED) is 0.312. The second kappa shape index (κ2) is 9.14. The molecule has 3 aromatic carbocycles. The monoisotopic (exact) mass is 422 g/mol. The van der Waals surface area contributed by atoms with Crippen LogP contribution in [0.2, 0.25) is 0 Å². The van der Waals surface area contributed by atoms with Crippen molar-refractivity contribution in [2.75, 3.05) is 0 Å². The van der Waals surface area contributed by atoms with Crippen LogP contribution in [-0.4, -0.2) is 21.5 Å². The van der Waals surface area contributed by atoms with Crippen LogP contribution in [0.25, 0.3) is 10.8 Å². The Hall–Kier alpha value is -4.44. The smallest absolute Gasteiger partial charge is 0.254 e. The number of fused-ring (bicyclic) bond motifs is 1. The van der Waals surface area contributed by atoms with Crippen LogP contribution in [-0.2, 0) is 19.5 Å². The first-order valence-electron chi connectivity index (χ1n) is 10.1. The second-order valence-electron chi connectivity index (χ2n) is 7.53. The van der Waals surface area contributed by atoms with E-state index in [1.807, 2.05) is 42.5 Å². The first-order chi connectivity index (χ1) is 15.5. The highest BCUT2D eigenvalue weighted by atomic mass is 16.1. The number of nitrogens with two attached hydrogens (primary N) is 1. The number of rotatable bonds is 7. The van der Waals surface area contributed by atoms with Gasteiger partial charge in [0.25, 0.3) is 5.91 Å². The molecule has 0 atom stereocenters. The molecule has 7 heteroatoms. The Morgan fingerprint density at radius 1 is 1.09 bits per heavy atom. The van der Waals surface area contributed by atoms with Gasteiger partial charge in [0.1, 0.15) is 5.84 Å². The summed E-state index contributed by atoms with van der Waals surface area (Å²) in [4.78, 5) is 12.5. The van der Waals surface area contributed by atoms with E-state index in [0.717, 1.165) is 27.5 Å². The highest BCUT2D eigenvalue weighted by molar-refractivity contribution is 5.95. The molecule has 4 N–H and O–H groups in total. The van der Waals surface area contributed by atoms with Crippen LogP contribution in [0, 0.1) is 16.7 Å². The predicted molar refractivity (Wildman–Crippen MR) is 123 cm³/mol. The lowest BCUT2D eigenvalue weighted by molar-refractivity contribution is 0.0951. The van der Waals surface area contributed by atoms with Crippen molar-refractivity contribution in [2.45, 2.75) is 19.5 Å². The largest absolute Gasteiger partial charge is 0.384 e. The number of nitrogen functional groups attached to an aromatic ring is 1. The zero-order valence-corrected chi connectivity index (χ0v) is 17.4. The van der Waals surface area contributed by atoms with Crippen molar-refractivity contribution in [3.8, 4) is 6.07 Å². The minimum absolute atomic E-state index is 0.0158. The minimum atomic E-state index is -0.202. The molecule has 1 heterocycles. The van der Waals surface area contributed by atoms with E-state index < -0.39 is 0 Å². The van der Waals surface area contributed by atoms with Gasteiger partial charge in [-0.2, -0.15) is 10.4 Å². The van der Waals surface area contributed by atoms with Gasteiger partial charge < -0.3 is 11.1 Å². The van der Waals surface area contributed by atoms with E-state index in [-0.39, 0.29) is 11.7 Å². The van der Waals surface area contributed by atoms with Crippen molar-refractivity contribution < 1.29 is 4.79 Å². The fourth-order valence-electron chi connectivity index (χ4n) is 3.58. The molecule has 0 bridgehead atoms. The van der Waals surface area contributed by atoms with Crippen LogP contribution in [0.3, 0.4) is 0 Å². The molecule has 158 valence electrons. The molecule has 0 radical (unpaired) electrons. The van der Waals surface area contributed by atoms with Gasteiger partial charge in [0.15, 0.2) is 0 Å². The number of hydrogen-bond acceptors (Lipinski definition) is 4. The number of benzene rings is 3. The van der Waals surface area contributed by atoms with Gasteiger partial charge in [0.2, 0.25) is 0 Å². The summed E-state index contributed by atoms with van der Waals surface area (Å²) < 4.78 is 1.73. The molecular weight excluding hydrogens is 400 g/mol. The number of carbonyl (C=O) groups excluding carboxylic acids is 1. The molecule has 0 saturated heterocycles. The maximum atomic E-state index is 12.5. The van der Waals surface area contributed by atoms with Gasteiger partial charge in [0, 0.05) is 18.3 Å². The molecule has 0 spiro atoms. The van der Waals surface area contributed by atoms with Gasteiger partial charge in [-0.3, -0.25) is 14.9 Å². The number of nitrogens with one attached hydrogen (secondary N) is 2. The minimum Gasteiger partial charge on any atom is -0.384 e. The highest BCUT2D eigenvalue weighted by Gasteiger charge is 2.10. The van der Waals surface area contributed by atoms with Crippen LogP contribution >= 0.6 is 0 Å². The first-order valence-corrected chi connectivity index (χ1v) is 10.1. The Morgan fingerprint density at radius 3 is 2.62 bits per heavy atom. The summed E-state index contributed by atoms with van der Waals surface area (Å²) in [5.74, 6) is -0.187. The molecule has 0 unspecified atom stereocenters. The van der Waals surface area contributed by atoms with Crippen LogP contribution < -0.4 is 11.1 Å². The van der Waals surface area contributed by atoms with E-state index in [0.29, 0.717) is 30.6 Å². The van der Waals surface area contributed by atoms with E-state index in [2.05, 4.69) is 22.6 Å². The van der Waals surface area contributed by atoms with E-state index in [4.69, 9.17) is 16.4 Å². The lowest BCUT2D eigenvalue weighted by Gasteiger charge is -2.07. The predicted octanol–water partition coefficient (Wildman–Crippen LogP) is 3.36. The van der Waals surface area contributed by atoms with Crippen LogP contribution in [0.15, 0.2) is 73.1 Å². The zero-order valence-electron chi connectivity index (χ0n) is 17.4. The molecule has 0 aliphatic heterocycles. The molecule has 0 saturated carbocycles. The summed E-state index contributed by atoms with van der Waals surface area (Å²) in [5.41, 5.74) is 9.60. The van der Waals surface area contributed by atoms with E-state index in [1.165, 1.54) is 0 Å². The van der Waals surface area contributed by atoms with Crippen LogP contribution in [0.4, 0.5) is 0 Å². The maximum Gasteiger partial charge on any atom is 0.254 e. The van der Waals surface area contributed by atoms with Crippen molar-refractivity contribution in [2.24, 2.45) is 5.73 Å². The third kappa shape index (κ3) is 4.65. The number of carbonyl (C=O) groups is 1. The van der Waals surface area contributed by atoms with E-state index in [9.17, 15) is 4.79 Å². The van der Waals surface area contributed by atoms with Gasteiger partial charge in [0.05, 0.1) is 30.8 Å². The number of amides is 1. The summed E-state index contributed by atoms with van der Waals surface area (Å²) in [6.07, 6.45) is 3.67. The molecule has 7 nitrogen and oxygen atoms in total. The van der Waals surface area contributed by atoms with Gasteiger partial charge >= 0.3 is 0 Å². The third-order valence-corrected chi connectivity index (χ3v) is 5.26. The molecule has 4 aromatic rings. The summed E-state index contributed by atoms with van der Waals surface area (Å²) in [6, 6.07) is 21.5. The average Bonchev–Trinajstić information content (AvgIpc) is 3.26. The second-order valence-corrected chi connectivity index (χ2v) is 7.53. The van der Waals surface area contributed by atoms with Crippen molar-refractivity contribution in [1.82, 2.24) is 15.1 Å². The highest BCUT2D eigenvalue weighted by Crippen LogP contribution is 2.21. The molecule has 4 rings (SSSR count). The van der Waals surface area contributed by atoms with Gasteiger partial charge in [-0.1, -0.05) is 54.6 Å². The SMILES string of the molecule is N#CCc1cccc2cc(Cn3cc(C(=O)NCc4ccc(C(=N)N)cc4)cn3)ccc12. The van der Waals surface area contributed by atoms with Crippen molar-refractivity contribution in [3.05, 3.63) is 101 Å². The van der Waals surface area contributed by atoms with E-state index in [1.54, 1.807) is 29.2 Å². The Kier molecular flexibility index (Phi) is 5.95. The van der Waals surface area contributed by atoms with Crippen LogP contribution in [0.5, 0.6) is 0 Å². The van der Waals surface area contributed by atoms with E-state index >= 15 is 0 Å². The Labute approximate surface area is 185 Å². The molecule has 0 fully saturated rings. The van der Waals surface area contributed by atoms with Crippen LogP contribution in [0.1, 0.15) is 32.6 Å². The Bertz CT molecular complexity index is 1330. The van der Waals surface area contributed by atoms with Crippen molar-refractivity contribution >= 4 is 22.5 Å². The van der Waals surface area contributed by atoms with Gasteiger partial charge in [-0.25, -0.2) is 0 Å². The normalized spacial score (nSPS) is 10.6. The van der Waals surface area contributed by atoms with Gasteiger partial charge in [-0.05, 0) is 33.5 Å².